The van der Waals surface area contributed by atoms with Crippen molar-refractivity contribution in [3.05, 3.63) is 29.8 Å². The van der Waals surface area contributed by atoms with Gasteiger partial charge in [0.25, 0.3) is 0 Å². The summed E-state index contributed by atoms with van der Waals surface area (Å²) in [6.07, 6.45) is 0.651. The van der Waals surface area contributed by atoms with Crippen molar-refractivity contribution in [2.24, 2.45) is 0 Å². The lowest BCUT2D eigenvalue weighted by Crippen LogP contribution is -2.02. The molecule has 1 rings (SSSR count). The van der Waals surface area contributed by atoms with Crippen LogP contribution in [0.3, 0.4) is 0 Å². The van der Waals surface area contributed by atoms with Crippen LogP contribution < -0.4 is 0 Å². The summed E-state index contributed by atoms with van der Waals surface area (Å²) in [5.41, 5.74) is 1.27. The zero-order valence-electron chi connectivity index (χ0n) is 8.91. The highest BCUT2D eigenvalue weighted by Gasteiger charge is 2.06. The van der Waals surface area contributed by atoms with Gasteiger partial charge in [0.05, 0.1) is 0 Å². The van der Waals surface area contributed by atoms with Crippen molar-refractivity contribution >= 4 is 17.5 Å². The maximum absolute atomic E-state index is 10.9. The average Bonchev–Trinajstić information content (AvgIpc) is 2.01. The molecule has 0 aromatic heterocycles. The van der Waals surface area contributed by atoms with Crippen molar-refractivity contribution in [3.8, 4) is 0 Å². The molecule has 14 heavy (non-hydrogen) atoms. The van der Waals surface area contributed by atoms with Crippen molar-refractivity contribution in [1.29, 1.82) is 0 Å². The number of thioether (sulfide) groups is 1. The second kappa shape index (κ2) is 5.20. The van der Waals surface area contributed by atoms with E-state index in [1.165, 1.54) is 10.5 Å². The van der Waals surface area contributed by atoms with E-state index < -0.39 is 0 Å². The van der Waals surface area contributed by atoms with Crippen molar-refractivity contribution in [3.63, 3.8) is 0 Å². The lowest BCUT2D eigenvalue weighted by Gasteiger charge is -2.09. The van der Waals surface area contributed by atoms with Gasteiger partial charge in [-0.2, -0.15) is 0 Å². The quantitative estimate of drug-likeness (QED) is 0.705. The molecule has 0 spiro atoms. The van der Waals surface area contributed by atoms with E-state index in [2.05, 4.69) is 38.1 Å². The Labute approximate surface area is 89.9 Å². The zero-order valence-corrected chi connectivity index (χ0v) is 9.73. The number of carbonyl (C=O) groups excluding carboxylic acids is 1. The highest BCUT2D eigenvalue weighted by molar-refractivity contribution is 8.00. The third-order valence-electron chi connectivity index (χ3n) is 1.90. The maximum Gasteiger partial charge on any atom is 0.130 e. The van der Waals surface area contributed by atoms with Gasteiger partial charge >= 0.3 is 0 Å². The minimum atomic E-state index is 0.262. The smallest absolute Gasteiger partial charge is 0.130 e. The number of hydrogen-bond acceptors (Lipinski definition) is 2. The monoisotopic (exact) mass is 208 g/mol. The molecule has 76 valence electrons. The van der Waals surface area contributed by atoms with Gasteiger partial charge in [-0.25, -0.2) is 0 Å². The first kappa shape index (κ1) is 11.3. The van der Waals surface area contributed by atoms with Crippen LogP contribution in [0.15, 0.2) is 29.2 Å². The first-order valence-corrected chi connectivity index (χ1v) is 5.68. The Morgan fingerprint density at radius 1 is 1.50 bits per heavy atom. The molecular weight excluding hydrogens is 192 g/mol. The molecule has 1 atom stereocenters. The van der Waals surface area contributed by atoms with Crippen LogP contribution in [0.5, 0.6) is 0 Å². The highest BCUT2D eigenvalue weighted by atomic mass is 32.2. The summed E-state index contributed by atoms with van der Waals surface area (Å²) in [5, 5.41) is 0.370. The summed E-state index contributed by atoms with van der Waals surface area (Å²) < 4.78 is 0. The third-order valence-corrected chi connectivity index (χ3v) is 3.00. The fourth-order valence-corrected chi connectivity index (χ4v) is 2.56. The van der Waals surface area contributed by atoms with Crippen molar-refractivity contribution in [2.75, 3.05) is 0 Å². The van der Waals surface area contributed by atoms with Gasteiger partial charge in [0.1, 0.15) is 5.78 Å². The van der Waals surface area contributed by atoms with Crippen LogP contribution in [0, 0.1) is 6.92 Å². The molecule has 0 bridgehead atoms. The molecule has 0 aliphatic carbocycles. The minimum absolute atomic E-state index is 0.262. The number of benzene rings is 1. The van der Waals surface area contributed by atoms with Crippen LogP contribution in [0.25, 0.3) is 0 Å². The van der Waals surface area contributed by atoms with E-state index in [1.807, 2.05) is 0 Å². The van der Waals surface area contributed by atoms with Crippen molar-refractivity contribution in [1.82, 2.24) is 0 Å². The van der Waals surface area contributed by atoms with E-state index in [0.29, 0.717) is 11.7 Å². The standard InChI is InChI=1S/C12H16OS/c1-9-5-4-6-12(7-9)14-11(3)8-10(2)13/h4-7,11H,8H2,1-3H3. The van der Waals surface area contributed by atoms with Crippen LogP contribution in [0.1, 0.15) is 25.8 Å². The van der Waals surface area contributed by atoms with Crippen molar-refractivity contribution < 1.29 is 4.79 Å². The van der Waals surface area contributed by atoms with Crippen LogP contribution in [-0.4, -0.2) is 11.0 Å². The molecule has 1 aromatic carbocycles. The van der Waals surface area contributed by atoms with Gasteiger partial charge in [-0.05, 0) is 26.0 Å². The fraction of sp³-hybridized carbons (Fsp3) is 0.417. The molecule has 0 aliphatic heterocycles. The number of ketones is 1. The van der Waals surface area contributed by atoms with E-state index in [-0.39, 0.29) is 5.78 Å². The molecule has 1 unspecified atom stereocenters. The molecule has 0 aliphatic rings. The predicted molar refractivity (Wildman–Crippen MR) is 61.8 cm³/mol. The molecule has 0 fully saturated rings. The Morgan fingerprint density at radius 3 is 2.79 bits per heavy atom. The zero-order chi connectivity index (χ0) is 10.6. The van der Waals surface area contributed by atoms with E-state index >= 15 is 0 Å². The summed E-state index contributed by atoms with van der Waals surface area (Å²) >= 11 is 1.77. The first-order valence-electron chi connectivity index (χ1n) is 4.80. The van der Waals surface area contributed by atoms with E-state index in [0.717, 1.165) is 0 Å². The maximum atomic E-state index is 10.9. The summed E-state index contributed by atoms with van der Waals surface area (Å²) in [7, 11) is 0. The van der Waals surface area contributed by atoms with Gasteiger partial charge in [0, 0.05) is 16.6 Å². The number of hydrogen-bond donors (Lipinski definition) is 0. The highest BCUT2D eigenvalue weighted by Crippen LogP contribution is 2.25. The lowest BCUT2D eigenvalue weighted by atomic mass is 10.2. The SMILES string of the molecule is CC(=O)CC(C)Sc1cccc(C)c1. The molecule has 0 radical (unpaired) electrons. The van der Waals surface area contributed by atoms with E-state index in [4.69, 9.17) is 0 Å². The third kappa shape index (κ3) is 3.97. The van der Waals surface area contributed by atoms with Crippen LogP contribution in [-0.2, 0) is 4.79 Å². The van der Waals surface area contributed by atoms with Gasteiger partial charge in [0.15, 0.2) is 0 Å². The topological polar surface area (TPSA) is 17.1 Å². The van der Waals surface area contributed by atoms with Gasteiger partial charge < -0.3 is 0 Å². The largest absolute Gasteiger partial charge is 0.300 e. The molecule has 0 saturated carbocycles. The number of rotatable bonds is 4. The van der Waals surface area contributed by atoms with Gasteiger partial charge in [-0.15, -0.1) is 11.8 Å². The van der Waals surface area contributed by atoms with Gasteiger partial charge in [-0.3, -0.25) is 4.79 Å². The van der Waals surface area contributed by atoms with E-state index in [9.17, 15) is 4.79 Å². The molecule has 2 heteroatoms. The second-order valence-corrected chi connectivity index (χ2v) is 5.16. The number of aryl methyl sites for hydroxylation is 1. The minimum Gasteiger partial charge on any atom is -0.300 e. The summed E-state index contributed by atoms with van der Waals surface area (Å²) in [6, 6.07) is 8.38. The normalized spacial score (nSPS) is 12.5. The molecule has 0 N–H and O–H groups in total. The Bertz CT molecular complexity index is 320. The predicted octanol–water partition coefficient (Wildman–Crippen LogP) is 3.45. The number of carbonyl (C=O) groups is 1. The van der Waals surface area contributed by atoms with Crippen LogP contribution in [0.2, 0.25) is 0 Å². The lowest BCUT2D eigenvalue weighted by molar-refractivity contribution is -0.116. The van der Waals surface area contributed by atoms with Gasteiger partial charge in [0.2, 0.25) is 0 Å². The Morgan fingerprint density at radius 2 is 2.21 bits per heavy atom. The molecule has 1 aromatic rings. The molecule has 0 heterocycles. The summed E-state index contributed by atoms with van der Waals surface area (Å²) in [5.74, 6) is 0.262. The van der Waals surface area contributed by atoms with E-state index in [1.54, 1.807) is 18.7 Å². The Kier molecular flexibility index (Phi) is 4.21. The number of Topliss-reactive ketones (excluding diaryl/α,β-unsaturated/α-hetero) is 1. The molecule has 0 saturated heterocycles. The first-order chi connectivity index (χ1) is 6.58. The second-order valence-electron chi connectivity index (χ2n) is 3.65. The summed E-state index contributed by atoms with van der Waals surface area (Å²) in [6.45, 7) is 5.82. The molecule has 0 amide bonds. The molecule has 1 nitrogen and oxygen atoms in total. The van der Waals surface area contributed by atoms with Crippen LogP contribution in [0.4, 0.5) is 0 Å². The Hall–Kier alpha value is -0.760. The fourth-order valence-electron chi connectivity index (χ4n) is 1.37. The van der Waals surface area contributed by atoms with Crippen molar-refractivity contribution in [2.45, 2.75) is 37.3 Å². The van der Waals surface area contributed by atoms with Gasteiger partial charge in [-0.1, -0.05) is 24.6 Å². The average molecular weight is 208 g/mol. The summed E-state index contributed by atoms with van der Waals surface area (Å²) in [4.78, 5) is 12.1. The molecular formula is C12H16OS. The Balaban J connectivity index is 2.55. The van der Waals surface area contributed by atoms with Crippen LogP contribution >= 0.6 is 11.8 Å².